The number of nitro groups is 1. The maximum absolute atomic E-state index is 11.2. The van der Waals surface area contributed by atoms with Gasteiger partial charge in [0.15, 0.2) is 0 Å². The number of hydrogen-bond acceptors (Lipinski definition) is 4. The van der Waals surface area contributed by atoms with Crippen LogP contribution in [0.25, 0.3) is 0 Å². The highest BCUT2D eigenvalue weighted by atomic mass is 16.6. The van der Waals surface area contributed by atoms with Crippen molar-refractivity contribution < 1.29 is 4.92 Å². The highest BCUT2D eigenvalue weighted by molar-refractivity contribution is 5.65. The number of hydrogen-bond donors (Lipinski definition) is 1. The van der Waals surface area contributed by atoms with Crippen molar-refractivity contribution >= 4 is 11.4 Å². The van der Waals surface area contributed by atoms with E-state index in [9.17, 15) is 10.1 Å². The van der Waals surface area contributed by atoms with Crippen molar-refractivity contribution in [1.29, 1.82) is 0 Å². The summed E-state index contributed by atoms with van der Waals surface area (Å²) in [5.41, 5.74) is 2.89. The summed E-state index contributed by atoms with van der Waals surface area (Å²) in [5, 5.41) is 14.6. The zero-order valence-corrected chi connectivity index (χ0v) is 13.3. The van der Waals surface area contributed by atoms with Crippen LogP contribution in [0.2, 0.25) is 0 Å². The van der Waals surface area contributed by atoms with Crippen molar-refractivity contribution in [3.05, 3.63) is 33.4 Å². The predicted octanol–water partition coefficient (Wildman–Crippen LogP) is 3.50. The highest BCUT2D eigenvalue weighted by Crippen LogP contribution is 2.30. The van der Waals surface area contributed by atoms with Gasteiger partial charge in [-0.15, -0.1) is 0 Å². The second kappa shape index (κ2) is 6.43. The molecule has 1 aliphatic heterocycles. The first-order valence-corrected chi connectivity index (χ1v) is 7.64. The maximum atomic E-state index is 11.2. The van der Waals surface area contributed by atoms with Crippen molar-refractivity contribution in [3.63, 3.8) is 0 Å². The van der Waals surface area contributed by atoms with Crippen LogP contribution in [0, 0.1) is 24.0 Å². The van der Waals surface area contributed by atoms with E-state index in [-0.39, 0.29) is 10.6 Å². The zero-order chi connectivity index (χ0) is 15.6. The van der Waals surface area contributed by atoms with E-state index in [1.807, 2.05) is 19.9 Å². The topological polar surface area (TPSA) is 58.4 Å². The fraction of sp³-hybridized carbons (Fsp3) is 0.625. The molecular weight excluding hydrogens is 266 g/mol. The molecule has 1 N–H and O–H groups in total. The van der Waals surface area contributed by atoms with Crippen LogP contribution in [0.3, 0.4) is 0 Å². The van der Waals surface area contributed by atoms with E-state index >= 15 is 0 Å². The van der Waals surface area contributed by atoms with Gasteiger partial charge in [-0.3, -0.25) is 10.1 Å². The fourth-order valence-electron chi connectivity index (χ4n) is 2.85. The molecule has 0 saturated carbocycles. The van der Waals surface area contributed by atoms with Gasteiger partial charge in [-0.2, -0.15) is 0 Å². The summed E-state index contributed by atoms with van der Waals surface area (Å²) in [6.07, 6.45) is 2.06. The van der Waals surface area contributed by atoms with Crippen LogP contribution in [0.15, 0.2) is 12.1 Å². The van der Waals surface area contributed by atoms with E-state index in [1.54, 1.807) is 6.07 Å². The minimum absolute atomic E-state index is 0.185. The monoisotopic (exact) mass is 291 g/mol. The molecule has 0 atom stereocenters. The van der Waals surface area contributed by atoms with E-state index in [0.29, 0.717) is 17.8 Å². The third-order valence-electron chi connectivity index (χ3n) is 4.43. The van der Waals surface area contributed by atoms with Crippen molar-refractivity contribution in [2.45, 2.75) is 52.6 Å². The van der Waals surface area contributed by atoms with E-state index in [4.69, 9.17) is 0 Å². The summed E-state index contributed by atoms with van der Waals surface area (Å²) in [6.45, 7) is 10.4. The molecule has 0 aliphatic carbocycles. The minimum atomic E-state index is -0.294. The zero-order valence-electron chi connectivity index (χ0n) is 13.3. The van der Waals surface area contributed by atoms with Gasteiger partial charge in [0, 0.05) is 31.2 Å². The molecule has 1 saturated heterocycles. The van der Waals surface area contributed by atoms with Gasteiger partial charge >= 0.3 is 0 Å². The average molecular weight is 291 g/mol. The summed E-state index contributed by atoms with van der Waals surface area (Å²) < 4.78 is 0. The lowest BCUT2D eigenvalue weighted by Crippen LogP contribution is -2.42. The molecule has 21 heavy (non-hydrogen) atoms. The van der Waals surface area contributed by atoms with E-state index in [1.165, 1.54) is 0 Å². The van der Waals surface area contributed by atoms with Crippen molar-refractivity contribution in [3.8, 4) is 0 Å². The Balaban J connectivity index is 2.10. The maximum Gasteiger partial charge on any atom is 0.292 e. The van der Waals surface area contributed by atoms with Gasteiger partial charge in [-0.25, -0.2) is 0 Å². The van der Waals surface area contributed by atoms with Crippen LogP contribution in [-0.2, 0) is 0 Å². The smallest absolute Gasteiger partial charge is 0.292 e. The number of likely N-dealkylation sites (tertiary alicyclic amines) is 1. The molecule has 1 fully saturated rings. The first-order valence-electron chi connectivity index (χ1n) is 7.64. The molecule has 0 aromatic heterocycles. The van der Waals surface area contributed by atoms with Gasteiger partial charge < -0.3 is 10.2 Å². The SMILES string of the molecule is Cc1cc(NC2CCN(C(C)C)CC2)c([N+](=O)[O-])cc1C. The molecule has 0 amide bonds. The molecule has 0 radical (unpaired) electrons. The molecule has 116 valence electrons. The molecule has 0 spiro atoms. The number of nitrogens with zero attached hydrogens (tertiary/aromatic N) is 2. The molecule has 0 unspecified atom stereocenters. The minimum Gasteiger partial charge on any atom is -0.377 e. The summed E-state index contributed by atoms with van der Waals surface area (Å²) in [5.74, 6) is 0. The van der Waals surface area contributed by atoms with Crippen LogP contribution < -0.4 is 5.32 Å². The highest BCUT2D eigenvalue weighted by Gasteiger charge is 2.23. The molecule has 1 aromatic rings. The summed E-state index contributed by atoms with van der Waals surface area (Å²) in [4.78, 5) is 13.4. The van der Waals surface area contributed by atoms with Crippen molar-refractivity contribution in [2.24, 2.45) is 0 Å². The third kappa shape index (κ3) is 3.73. The summed E-state index contributed by atoms with van der Waals surface area (Å²) in [7, 11) is 0. The van der Waals surface area contributed by atoms with Gasteiger partial charge in [0.05, 0.1) is 4.92 Å². The Morgan fingerprint density at radius 3 is 2.33 bits per heavy atom. The first kappa shape index (κ1) is 15.8. The number of rotatable bonds is 4. The van der Waals surface area contributed by atoms with Crippen LogP contribution in [-0.4, -0.2) is 35.0 Å². The lowest BCUT2D eigenvalue weighted by atomic mass is 10.0. The van der Waals surface area contributed by atoms with Crippen LogP contribution in [0.5, 0.6) is 0 Å². The van der Waals surface area contributed by atoms with Gasteiger partial charge in [0.1, 0.15) is 5.69 Å². The Bertz CT molecular complexity index is 520. The second-order valence-electron chi connectivity index (χ2n) is 6.26. The third-order valence-corrected chi connectivity index (χ3v) is 4.43. The molecule has 0 bridgehead atoms. The molecular formula is C16H25N3O2. The van der Waals surface area contributed by atoms with Crippen LogP contribution >= 0.6 is 0 Å². The number of aryl methyl sites for hydroxylation is 2. The molecule has 1 aromatic carbocycles. The number of nitrogens with one attached hydrogen (secondary N) is 1. The molecule has 5 nitrogen and oxygen atoms in total. The largest absolute Gasteiger partial charge is 0.377 e. The van der Waals surface area contributed by atoms with E-state index in [2.05, 4.69) is 24.1 Å². The normalized spacial score (nSPS) is 17.2. The van der Waals surface area contributed by atoms with E-state index in [0.717, 1.165) is 37.1 Å². The van der Waals surface area contributed by atoms with Gasteiger partial charge in [0.25, 0.3) is 5.69 Å². The number of piperidine rings is 1. The van der Waals surface area contributed by atoms with E-state index < -0.39 is 0 Å². The standard InChI is InChI=1S/C16H25N3O2/c1-11(2)18-7-5-14(6-8-18)17-15-9-12(3)13(4)10-16(15)19(20)21/h9-11,14,17H,5-8H2,1-4H3. The number of nitro benzene ring substituents is 1. The summed E-state index contributed by atoms with van der Waals surface area (Å²) >= 11 is 0. The quantitative estimate of drug-likeness (QED) is 0.681. The molecule has 1 heterocycles. The van der Waals surface area contributed by atoms with Crippen LogP contribution in [0.4, 0.5) is 11.4 Å². The Kier molecular flexibility index (Phi) is 4.83. The Morgan fingerprint density at radius 2 is 1.81 bits per heavy atom. The van der Waals surface area contributed by atoms with Crippen molar-refractivity contribution in [2.75, 3.05) is 18.4 Å². The van der Waals surface area contributed by atoms with Gasteiger partial charge in [-0.1, -0.05) is 0 Å². The fourth-order valence-corrected chi connectivity index (χ4v) is 2.85. The van der Waals surface area contributed by atoms with Crippen molar-refractivity contribution in [1.82, 2.24) is 4.90 Å². The first-order chi connectivity index (χ1) is 9.88. The molecule has 1 aliphatic rings. The van der Waals surface area contributed by atoms with Gasteiger partial charge in [0.2, 0.25) is 0 Å². The summed E-state index contributed by atoms with van der Waals surface area (Å²) in [6, 6.07) is 4.46. The number of benzene rings is 1. The number of anilines is 1. The molecule has 2 rings (SSSR count). The lowest BCUT2D eigenvalue weighted by molar-refractivity contribution is -0.384. The lowest BCUT2D eigenvalue weighted by Gasteiger charge is -2.35. The Hall–Kier alpha value is -1.62. The Labute approximate surface area is 126 Å². The predicted molar refractivity (Wildman–Crippen MR) is 85.9 cm³/mol. The Morgan fingerprint density at radius 1 is 1.24 bits per heavy atom. The second-order valence-corrected chi connectivity index (χ2v) is 6.26. The van der Waals surface area contributed by atoms with Crippen LogP contribution in [0.1, 0.15) is 37.8 Å². The average Bonchev–Trinajstić information content (AvgIpc) is 2.43. The molecule has 5 heteroatoms. The van der Waals surface area contributed by atoms with Gasteiger partial charge in [-0.05, 0) is 57.7 Å².